The Bertz CT molecular complexity index is 956. The minimum atomic E-state index is -3.26. The maximum absolute atomic E-state index is 12.6. The summed E-state index contributed by atoms with van der Waals surface area (Å²) in [6, 6.07) is 2.22. The molecule has 1 aromatic heterocycles. The summed E-state index contributed by atoms with van der Waals surface area (Å²) >= 11 is 1.44. The summed E-state index contributed by atoms with van der Waals surface area (Å²) in [4.78, 5) is 26.2. The molecule has 0 radical (unpaired) electrons. The number of ether oxygens (including phenoxy) is 1. The Balaban J connectivity index is 1.58. The van der Waals surface area contributed by atoms with Gasteiger partial charge in [0.2, 0.25) is 10.0 Å². The molecule has 1 saturated heterocycles. The summed E-state index contributed by atoms with van der Waals surface area (Å²) < 4.78 is 29.9. The van der Waals surface area contributed by atoms with Crippen molar-refractivity contribution >= 4 is 38.2 Å². The number of esters is 1. The SMILES string of the molecule is CC(OC(=O)C1CCN(S(C)(=O)=O)CC1)C(=O)Nc1sc2c(c1C#N)CCCCC2. The van der Waals surface area contributed by atoms with Gasteiger partial charge in [-0.1, -0.05) is 6.42 Å². The first-order valence-electron chi connectivity index (χ1n) is 10.2. The van der Waals surface area contributed by atoms with Gasteiger partial charge in [0.1, 0.15) is 11.1 Å². The molecule has 0 aromatic carbocycles. The summed E-state index contributed by atoms with van der Waals surface area (Å²) in [5.41, 5.74) is 1.56. The number of aryl methyl sites for hydroxylation is 1. The van der Waals surface area contributed by atoms with Crippen molar-refractivity contribution in [2.24, 2.45) is 5.92 Å². The lowest BCUT2D eigenvalue weighted by atomic mass is 9.98. The van der Waals surface area contributed by atoms with Crippen LogP contribution in [0.25, 0.3) is 0 Å². The molecular formula is C20H27N3O5S2. The van der Waals surface area contributed by atoms with E-state index < -0.39 is 33.9 Å². The van der Waals surface area contributed by atoms with E-state index in [2.05, 4.69) is 11.4 Å². The Kier molecular flexibility index (Phi) is 7.16. The van der Waals surface area contributed by atoms with Crippen LogP contribution >= 0.6 is 11.3 Å². The van der Waals surface area contributed by atoms with Crippen molar-refractivity contribution in [3.8, 4) is 6.07 Å². The van der Waals surface area contributed by atoms with Crippen LogP contribution in [0.1, 0.15) is 55.0 Å². The third-order valence-corrected chi connectivity index (χ3v) is 8.20. The number of carbonyl (C=O) groups is 2. The Hall–Kier alpha value is -1.96. The summed E-state index contributed by atoms with van der Waals surface area (Å²) in [5.74, 6) is -1.39. The van der Waals surface area contributed by atoms with Gasteiger partial charge in [-0.2, -0.15) is 5.26 Å². The number of nitrogens with one attached hydrogen (secondary N) is 1. The van der Waals surface area contributed by atoms with E-state index in [1.807, 2.05) is 0 Å². The smallest absolute Gasteiger partial charge is 0.309 e. The fourth-order valence-corrected chi connectivity index (χ4v) is 6.03. The van der Waals surface area contributed by atoms with Crippen LogP contribution in [-0.2, 0) is 37.2 Å². The number of fused-ring (bicyclic) bond motifs is 1. The van der Waals surface area contributed by atoms with Gasteiger partial charge < -0.3 is 10.1 Å². The lowest BCUT2D eigenvalue weighted by Gasteiger charge is -2.29. The first-order valence-corrected chi connectivity index (χ1v) is 12.9. The highest BCUT2D eigenvalue weighted by Crippen LogP contribution is 2.37. The zero-order chi connectivity index (χ0) is 21.9. The number of nitrogens with zero attached hydrogens (tertiary/aromatic N) is 2. The van der Waals surface area contributed by atoms with Crippen LogP contribution in [0.15, 0.2) is 0 Å². The van der Waals surface area contributed by atoms with Crippen molar-refractivity contribution in [1.82, 2.24) is 4.31 Å². The normalized spacial score (nSPS) is 19.2. The number of nitriles is 1. The lowest BCUT2D eigenvalue weighted by Crippen LogP contribution is -2.41. The van der Waals surface area contributed by atoms with Gasteiger partial charge in [0.15, 0.2) is 6.10 Å². The molecule has 1 N–H and O–H groups in total. The van der Waals surface area contributed by atoms with E-state index in [4.69, 9.17) is 4.74 Å². The Morgan fingerprint density at radius 2 is 1.90 bits per heavy atom. The monoisotopic (exact) mass is 453 g/mol. The van der Waals surface area contributed by atoms with E-state index >= 15 is 0 Å². The molecule has 3 rings (SSSR count). The van der Waals surface area contributed by atoms with Gasteiger partial charge in [-0.15, -0.1) is 11.3 Å². The van der Waals surface area contributed by atoms with E-state index in [-0.39, 0.29) is 13.1 Å². The number of hydrogen-bond acceptors (Lipinski definition) is 7. The van der Waals surface area contributed by atoms with E-state index in [1.54, 1.807) is 0 Å². The average molecular weight is 454 g/mol. The molecular weight excluding hydrogens is 426 g/mol. The number of amides is 1. The van der Waals surface area contributed by atoms with Gasteiger partial charge in [0, 0.05) is 18.0 Å². The van der Waals surface area contributed by atoms with E-state index in [1.165, 1.54) is 22.6 Å². The second-order valence-corrected chi connectivity index (χ2v) is 11.0. The lowest BCUT2D eigenvalue weighted by molar-refractivity contribution is -0.158. The van der Waals surface area contributed by atoms with Crippen LogP contribution in [0, 0.1) is 17.2 Å². The Morgan fingerprint density at radius 1 is 1.23 bits per heavy atom. The van der Waals surface area contributed by atoms with Crippen molar-refractivity contribution in [3.63, 3.8) is 0 Å². The minimum Gasteiger partial charge on any atom is -0.452 e. The third-order valence-electron chi connectivity index (χ3n) is 5.69. The molecule has 1 aliphatic heterocycles. The van der Waals surface area contributed by atoms with Crippen molar-refractivity contribution in [1.29, 1.82) is 5.26 Å². The molecule has 164 valence electrons. The predicted molar refractivity (Wildman–Crippen MR) is 114 cm³/mol. The number of carbonyl (C=O) groups excluding carboxylic acids is 2. The van der Waals surface area contributed by atoms with Crippen LogP contribution in [0.4, 0.5) is 5.00 Å². The Morgan fingerprint density at radius 3 is 2.53 bits per heavy atom. The second-order valence-electron chi connectivity index (χ2n) is 7.89. The molecule has 30 heavy (non-hydrogen) atoms. The average Bonchev–Trinajstić information content (AvgIpc) is 2.86. The highest BCUT2D eigenvalue weighted by molar-refractivity contribution is 7.88. The molecule has 1 fully saturated rings. The largest absolute Gasteiger partial charge is 0.452 e. The number of hydrogen-bond donors (Lipinski definition) is 1. The second kappa shape index (κ2) is 9.45. The molecule has 2 aliphatic rings. The van der Waals surface area contributed by atoms with Crippen molar-refractivity contribution in [2.75, 3.05) is 24.7 Å². The van der Waals surface area contributed by atoms with Crippen molar-refractivity contribution < 1.29 is 22.7 Å². The molecule has 0 bridgehead atoms. The van der Waals surface area contributed by atoms with Gasteiger partial charge >= 0.3 is 5.97 Å². The number of anilines is 1. The number of thiophene rings is 1. The molecule has 0 saturated carbocycles. The molecule has 2 heterocycles. The molecule has 1 unspecified atom stereocenters. The molecule has 10 heteroatoms. The highest BCUT2D eigenvalue weighted by atomic mass is 32.2. The van der Waals surface area contributed by atoms with Gasteiger partial charge in [0.25, 0.3) is 5.91 Å². The number of rotatable bonds is 5. The fraction of sp³-hybridized carbons (Fsp3) is 0.650. The van der Waals surface area contributed by atoms with E-state index in [0.29, 0.717) is 23.4 Å². The minimum absolute atomic E-state index is 0.269. The van der Waals surface area contributed by atoms with Crippen LogP contribution in [0.3, 0.4) is 0 Å². The summed E-state index contributed by atoms with van der Waals surface area (Å²) in [6.07, 6.45) is 5.92. The maximum atomic E-state index is 12.6. The van der Waals surface area contributed by atoms with Gasteiger partial charge in [-0.05, 0) is 51.0 Å². The van der Waals surface area contributed by atoms with Gasteiger partial charge in [-0.3, -0.25) is 9.59 Å². The van der Waals surface area contributed by atoms with Gasteiger partial charge in [-0.25, -0.2) is 12.7 Å². The molecule has 1 aromatic rings. The molecule has 0 spiro atoms. The van der Waals surface area contributed by atoms with Crippen LogP contribution in [0.2, 0.25) is 0 Å². The maximum Gasteiger partial charge on any atom is 0.309 e. The zero-order valence-corrected chi connectivity index (χ0v) is 18.9. The topological polar surface area (TPSA) is 117 Å². The van der Waals surface area contributed by atoms with Crippen molar-refractivity contribution in [2.45, 2.75) is 58.0 Å². The van der Waals surface area contributed by atoms with Crippen molar-refractivity contribution in [3.05, 3.63) is 16.0 Å². The molecule has 1 amide bonds. The fourth-order valence-electron chi connectivity index (χ4n) is 3.91. The van der Waals surface area contributed by atoms with Crippen LogP contribution in [0.5, 0.6) is 0 Å². The molecule has 1 atom stereocenters. The third kappa shape index (κ3) is 5.20. The van der Waals surface area contributed by atoms with Crippen LogP contribution < -0.4 is 5.32 Å². The number of sulfonamides is 1. The van der Waals surface area contributed by atoms with Gasteiger partial charge in [0.05, 0.1) is 17.7 Å². The van der Waals surface area contributed by atoms with E-state index in [0.717, 1.165) is 48.8 Å². The first kappa shape index (κ1) is 22.7. The predicted octanol–water partition coefficient (Wildman–Crippen LogP) is 2.43. The zero-order valence-electron chi connectivity index (χ0n) is 17.3. The quantitative estimate of drug-likeness (QED) is 0.541. The summed E-state index contributed by atoms with van der Waals surface area (Å²) in [6.45, 7) is 2.04. The first-order chi connectivity index (χ1) is 14.2. The number of piperidine rings is 1. The summed E-state index contributed by atoms with van der Waals surface area (Å²) in [5, 5.41) is 12.9. The highest BCUT2D eigenvalue weighted by Gasteiger charge is 2.32. The van der Waals surface area contributed by atoms with Crippen LogP contribution in [-0.4, -0.2) is 50.0 Å². The summed E-state index contributed by atoms with van der Waals surface area (Å²) in [7, 11) is -3.26. The molecule has 1 aliphatic carbocycles. The standard InChI is InChI=1S/C20H27N3O5S2/c1-13(28-20(25)14-8-10-23(11-9-14)30(2,26)27)18(24)22-19-16(12-21)15-6-4-3-5-7-17(15)29-19/h13-14H,3-11H2,1-2H3,(H,22,24). The van der Waals surface area contributed by atoms with E-state index in [9.17, 15) is 23.3 Å². The molecule has 8 nitrogen and oxygen atoms in total. The Labute approximate surface area is 181 Å².